The number of benzene rings is 1. The summed E-state index contributed by atoms with van der Waals surface area (Å²) in [5.74, 6) is 0.128. The Hall–Kier alpha value is -3.86. The first-order valence-electron chi connectivity index (χ1n) is 9.23. The molecule has 1 aromatic carbocycles. The zero-order valence-electron chi connectivity index (χ0n) is 16.8. The number of rotatable bonds is 6. The molecule has 0 saturated carbocycles. The van der Waals surface area contributed by atoms with E-state index in [4.69, 9.17) is 8.94 Å². The number of nitrogens with zero attached hydrogens (tertiary/aromatic N) is 5. The first-order valence-corrected chi connectivity index (χ1v) is 10.2. The number of amides is 2. The second kappa shape index (κ2) is 8.88. The molecule has 1 aliphatic heterocycles. The molecule has 0 radical (unpaired) electrons. The van der Waals surface area contributed by atoms with Crippen molar-refractivity contribution < 1.29 is 23.3 Å². The normalized spacial score (nSPS) is 14.8. The number of hydrogen-bond acceptors (Lipinski definition) is 8. The predicted octanol–water partition coefficient (Wildman–Crippen LogP) is 1.87. The summed E-state index contributed by atoms with van der Waals surface area (Å²) in [4.78, 5) is 32.7. The molecule has 3 heterocycles. The molecule has 2 aromatic heterocycles. The zero-order valence-corrected chi connectivity index (χ0v) is 17.6. The number of carbonyl (C=O) groups excluding carboxylic acids is 2. The average Bonchev–Trinajstić information content (AvgIpc) is 3.49. The van der Waals surface area contributed by atoms with E-state index in [1.54, 1.807) is 55.6 Å². The predicted molar refractivity (Wildman–Crippen MR) is 116 cm³/mol. The third-order valence-electron chi connectivity index (χ3n) is 4.13. The van der Waals surface area contributed by atoms with Crippen LogP contribution < -0.4 is 20.0 Å². The number of furan rings is 1. The minimum atomic E-state index is -0.321. The topological polar surface area (TPSA) is 108 Å². The molecule has 0 spiro atoms. The molecule has 2 amide bonds. The number of thioether (sulfide) groups is 1. The summed E-state index contributed by atoms with van der Waals surface area (Å²) in [5, 5.41) is 8.47. The van der Waals surface area contributed by atoms with Gasteiger partial charge in [0.1, 0.15) is 11.5 Å². The summed E-state index contributed by atoms with van der Waals surface area (Å²) in [6, 6.07) is 12.6. The molecule has 1 N–H and O–H groups in total. The van der Waals surface area contributed by atoms with E-state index in [2.05, 4.69) is 15.6 Å². The van der Waals surface area contributed by atoms with E-state index in [0.717, 1.165) is 11.8 Å². The van der Waals surface area contributed by atoms with Gasteiger partial charge < -0.3 is 4.42 Å². The summed E-state index contributed by atoms with van der Waals surface area (Å²) >= 11 is 1.14. The van der Waals surface area contributed by atoms with Crippen LogP contribution in [0.2, 0.25) is 0 Å². The van der Waals surface area contributed by atoms with Gasteiger partial charge in [-0.25, -0.2) is 4.99 Å². The highest BCUT2D eigenvalue weighted by molar-refractivity contribution is 8.14. The van der Waals surface area contributed by atoms with Crippen molar-refractivity contribution in [3.05, 3.63) is 66.4 Å². The highest BCUT2D eigenvalue weighted by Crippen LogP contribution is 2.29. The monoisotopic (exact) mass is 439 g/mol. The Labute approximate surface area is 181 Å². The molecule has 31 heavy (non-hydrogen) atoms. The van der Waals surface area contributed by atoms with E-state index in [0.29, 0.717) is 16.6 Å². The number of amidine groups is 1. The fourth-order valence-electron chi connectivity index (χ4n) is 2.69. The molecule has 0 bridgehead atoms. The SMILES string of the molecule is CN(C)[n+]1cc(NC(=O)CSC2=N/C(=C/c3ccco3)C(=O)N2c2ccccc2)on1. The van der Waals surface area contributed by atoms with Gasteiger partial charge in [-0.1, -0.05) is 30.0 Å². The van der Waals surface area contributed by atoms with E-state index in [1.807, 2.05) is 18.2 Å². The lowest BCUT2D eigenvalue weighted by Crippen LogP contribution is -2.53. The minimum absolute atomic E-state index is 0.0200. The highest BCUT2D eigenvalue weighted by atomic mass is 32.2. The van der Waals surface area contributed by atoms with Crippen LogP contribution in [0.4, 0.5) is 11.6 Å². The zero-order chi connectivity index (χ0) is 21.8. The van der Waals surface area contributed by atoms with Gasteiger partial charge in [-0.2, -0.15) is 5.01 Å². The summed E-state index contributed by atoms with van der Waals surface area (Å²) in [6.45, 7) is 0. The number of carbonyl (C=O) groups is 2. The molecule has 3 aromatic rings. The van der Waals surface area contributed by atoms with E-state index >= 15 is 0 Å². The van der Waals surface area contributed by atoms with Crippen molar-refractivity contribution in [2.24, 2.45) is 4.99 Å². The van der Waals surface area contributed by atoms with Crippen molar-refractivity contribution in [3.63, 3.8) is 0 Å². The van der Waals surface area contributed by atoms with Gasteiger partial charge in [0, 0.05) is 6.08 Å². The Morgan fingerprint density at radius 2 is 2.06 bits per heavy atom. The second-order valence-corrected chi connectivity index (χ2v) is 7.53. The molecule has 0 unspecified atom stereocenters. The van der Waals surface area contributed by atoms with E-state index < -0.39 is 0 Å². The van der Waals surface area contributed by atoms with Crippen molar-refractivity contribution in [1.29, 1.82) is 0 Å². The van der Waals surface area contributed by atoms with Crippen LogP contribution in [0.3, 0.4) is 0 Å². The van der Waals surface area contributed by atoms with Crippen LogP contribution in [0.1, 0.15) is 5.76 Å². The van der Waals surface area contributed by atoms with Gasteiger partial charge in [-0.15, -0.1) is 0 Å². The standard InChI is InChI=1S/C20H18N6O4S/c1-24(2)25-12-18(30-23-25)22-17(27)13-31-20-21-16(11-15-9-6-10-29-15)19(28)26(20)14-7-4-3-5-8-14/h3-12H,13H2,1-2H3/p+1/b16-11+. The molecule has 0 aliphatic carbocycles. The highest BCUT2D eigenvalue weighted by Gasteiger charge is 2.32. The Morgan fingerprint density at radius 3 is 2.74 bits per heavy atom. The molecule has 4 rings (SSSR count). The van der Waals surface area contributed by atoms with Crippen LogP contribution in [0, 0.1) is 0 Å². The molecular weight excluding hydrogens is 420 g/mol. The van der Waals surface area contributed by atoms with Crippen LogP contribution in [0.15, 0.2) is 74.6 Å². The number of aromatic nitrogens is 2. The number of nitrogens with one attached hydrogen (secondary N) is 1. The molecule has 158 valence electrons. The molecule has 0 atom stereocenters. The molecule has 1 aliphatic rings. The number of hydrogen-bond donors (Lipinski definition) is 1. The van der Waals surface area contributed by atoms with E-state index in [1.165, 1.54) is 16.0 Å². The largest absolute Gasteiger partial charge is 0.465 e. The van der Waals surface area contributed by atoms with Gasteiger partial charge in [-0.3, -0.25) is 24.3 Å². The number of anilines is 2. The van der Waals surface area contributed by atoms with E-state index in [9.17, 15) is 9.59 Å². The number of aliphatic imine (C=N–C) groups is 1. The maximum atomic E-state index is 13.0. The van der Waals surface area contributed by atoms with Gasteiger partial charge in [-0.05, 0) is 24.3 Å². The van der Waals surface area contributed by atoms with Crippen LogP contribution in [-0.4, -0.2) is 42.1 Å². The lowest BCUT2D eigenvalue weighted by Gasteiger charge is -2.17. The first-order chi connectivity index (χ1) is 15.0. The van der Waals surface area contributed by atoms with Gasteiger partial charge in [0.25, 0.3) is 12.1 Å². The maximum Gasteiger partial charge on any atom is 0.305 e. The lowest BCUT2D eigenvalue weighted by molar-refractivity contribution is -0.753. The minimum Gasteiger partial charge on any atom is -0.465 e. The molecule has 11 heteroatoms. The quantitative estimate of drug-likeness (QED) is 0.461. The van der Waals surface area contributed by atoms with Gasteiger partial charge in [0.2, 0.25) is 11.2 Å². The van der Waals surface area contributed by atoms with Crippen molar-refractivity contribution in [3.8, 4) is 0 Å². The molecule has 0 fully saturated rings. The van der Waals surface area contributed by atoms with Crippen molar-refractivity contribution in [2.75, 3.05) is 35.1 Å². The molecule has 10 nitrogen and oxygen atoms in total. The maximum absolute atomic E-state index is 13.0. The Morgan fingerprint density at radius 1 is 1.26 bits per heavy atom. The van der Waals surface area contributed by atoms with Crippen molar-refractivity contribution in [1.82, 2.24) is 5.27 Å². The molecular formula is C20H19N6O4S+. The summed E-state index contributed by atoms with van der Waals surface area (Å²) in [5.41, 5.74) is 0.883. The first kappa shape index (κ1) is 20.4. The Kier molecular flexibility index (Phi) is 5.85. The summed E-state index contributed by atoms with van der Waals surface area (Å²) in [6.07, 6.45) is 4.63. The summed E-state index contributed by atoms with van der Waals surface area (Å²) in [7, 11) is 3.57. The van der Waals surface area contributed by atoms with Crippen LogP contribution >= 0.6 is 11.8 Å². The average molecular weight is 439 g/mol. The van der Waals surface area contributed by atoms with Gasteiger partial charge in [0.15, 0.2) is 5.17 Å². The second-order valence-electron chi connectivity index (χ2n) is 6.59. The van der Waals surface area contributed by atoms with Crippen LogP contribution in [0.5, 0.6) is 0 Å². The van der Waals surface area contributed by atoms with Crippen LogP contribution in [-0.2, 0) is 9.59 Å². The third kappa shape index (κ3) is 4.67. The van der Waals surface area contributed by atoms with E-state index in [-0.39, 0.29) is 29.1 Å². The fraction of sp³-hybridized carbons (Fsp3) is 0.150. The van der Waals surface area contributed by atoms with Crippen molar-refractivity contribution in [2.45, 2.75) is 0 Å². The summed E-state index contributed by atoms with van der Waals surface area (Å²) < 4.78 is 10.4. The number of para-hydroxylation sites is 1. The van der Waals surface area contributed by atoms with Crippen molar-refractivity contribution >= 4 is 46.4 Å². The lowest BCUT2D eigenvalue weighted by atomic mass is 10.2. The fourth-order valence-corrected chi connectivity index (χ4v) is 3.50. The van der Waals surface area contributed by atoms with Gasteiger partial charge >= 0.3 is 5.88 Å². The van der Waals surface area contributed by atoms with Gasteiger partial charge in [0.05, 0.1) is 36.6 Å². The Bertz CT molecular complexity index is 1140. The molecule has 0 saturated heterocycles. The van der Waals surface area contributed by atoms with Crippen LogP contribution in [0.25, 0.3) is 6.08 Å². The Balaban J connectivity index is 1.50. The smallest absolute Gasteiger partial charge is 0.305 e. The third-order valence-corrected chi connectivity index (χ3v) is 5.07.